The highest BCUT2D eigenvalue weighted by Gasteiger charge is 2.44. The summed E-state index contributed by atoms with van der Waals surface area (Å²) in [7, 11) is 1.32. The molecule has 1 fully saturated rings. The molecule has 10 nitrogen and oxygen atoms in total. The molecule has 2 heterocycles. The first-order valence-corrected chi connectivity index (χ1v) is 12.1. The molecule has 2 N–H and O–H groups in total. The molecule has 0 aliphatic heterocycles. The van der Waals surface area contributed by atoms with Gasteiger partial charge < -0.3 is 15.0 Å². The summed E-state index contributed by atoms with van der Waals surface area (Å²) in [6.07, 6.45) is 0.898. The maximum absolute atomic E-state index is 14.4. The lowest BCUT2D eigenvalue weighted by Gasteiger charge is -2.11. The van der Waals surface area contributed by atoms with Crippen molar-refractivity contribution in [3.8, 4) is 0 Å². The molecule has 2 aromatic carbocycles. The maximum atomic E-state index is 14.4. The molecule has 1 aliphatic rings. The Kier molecular flexibility index (Phi) is 6.66. The average Bonchev–Trinajstić information content (AvgIpc) is 3.55. The van der Waals surface area contributed by atoms with Gasteiger partial charge in [0.05, 0.1) is 19.6 Å². The van der Waals surface area contributed by atoms with Crippen LogP contribution in [0.15, 0.2) is 58.1 Å². The van der Waals surface area contributed by atoms with Crippen LogP contribution in [0.3, 0.4) is 0 Å². The van der Waals surface area contributed by atoms with E-state index in [-0.39, 0.29) is 53.5 Å². The quantitative estimate of drug-likeness (QED) is 0.344. The molecular formula is C27H26FN5O5. The van der Waals surface area contributed by atoms with E-state index >= 15 is 0 Å². The minimum absolute atomic E-state index is 0.126. The van der Waals surface area contributed by atoms with Gasteiger partial charge in [0.15, 0.2) is 5.65 Å². The Hall–Kier alpha value is -4.54. The van der Waals surface area contributed by atoms with Gasteiger partial charge in [0, 0.05) is 31.1 Å². The fourth-order valence-electron chi connectivity index (χ4n) is 4.63. The second-order valence-electron chi connectivity index (χ2n) is 9.44. The standard InChI is InChI=1S/C27H26FN5O5/c1-15(34)29-19-9-7-16(8-10-19)11-22-30-23-24(31-22)32(14-18-12-20(18)26(36)38-2)27(37)33(25(23)35)13-17-5-3-4-6-21(17)28/h3-10,18,20H,11-14H2,1-2H3,(H,29,34)(H,30,31)/t18?,20-/m1/s1. The van der Waals surface area contributed by atoms with E-state index in [1.165, 1.54) is 36.8 Å². The number of rotatable bonds is 8. The number of benzene rings is 2. The fraction of sp³-hybridized carbons (Fsp3) is 0.296. The molecule has 0 bridgehead atoms. The van der Waals surface area contributed by atoms with Gasteiger partial charge in [-0.05, 0) is 36.1 Å². The van der Waals surface area contributed by atoms with Crippen LogP contribution in [0.4, 0.5) is 10.1 Å². The SMILES string of the molecule is COC(=O)[C@@H]1CC1Cn1c(=O)n(Cc2ccccc2F)c(=O)c2[nH]c(Cc3ccc(NC(C)=O)cc3)nc21. The van der Waals surface area contributed by atoms with E-state index in [4.69, 9.17) is 4.74 Å². The first kappa shape index (κ1) is 25.1. The van der Waals surface area contributed by atoms with Crippen LogP contribution in [-0.4, -0.2) is 38.1 Å². The molecule has 0 radical (unpaired) electrons. The van der Waals surface area contributed by atoms with Crippen LogP contribution in [-0.2, 0) is 33.8 Å². The van der Waals surface area contributed by atoms with Crippen molar-refractivity contribution in [1.82, 2.24) is 19.1 Å². The van der Waals surface area contributed by atoms with E-state index in [1.54, 1.807) is 18.2 Å². The predicted octanol–water partition coefficient (Wildman–Crippen LogP) is 2.43. The van der Waals surface area contributed by atoms with Gasteiger partial charge in [0.2, 0.25) is 5.91 Å². The Balaban J connectivity index is 1.54. The van der Waals surface area contributed by atoms with E-state index < -0.39 is 17.1 Å². The Morgan fingerprint density at radius 2 is 1.87 bits per heavy atom. The van der Waals surface area contributed by atoms with Crippen LogP contribution in [0, 0.1) is 17.7 Å². The van der Waals surface area contributed by atoms with Crippen molar-refractivity contribution < 1.29 is 18.7 Å². The third-order valence-electron chi connectivity index (χ3n) is 6.69. The lowest BCUT2D eigenvalue weighted by atomic mass is 10.1. The summed E-state index contributed by atoms with van der Waals surface area (Å²) in [5.74, 6) is -1.04. The van der Waals surface area contributed by atoms with E-state index in [0.717, 1.165) is 10.1 Å². The number of nitrogens with one attached hydrogen (secondary N) is 2. The second kappa shape index (κ2) is 10.1. The molecule has 1 amide bonds. The van der Waals surface area contributed by atoms with Crippen molar-refractivity contribution in [2.45, 2.75) is 32.9 Å². The number of amides is 1. The van der Waals surface area contributed by atoms with Crippen molar-refractivity contribution in [1.29, 1.82) is 0 Å². The molecule has 2 atom stereocenters. The van der Waals surface area contributed by atoms with E-state index in [9.17, 15) is 23.6 Å². The Bertz CT molecular complexity index is 1650. The first-order valence-electron chi connectivity index (χ1n) is 12.1. The van der Waals surface area contributed by atoms with Crippen molar-refractivity contribution in [3.05, 3.63) is 92.1 Å². The largest absolute Gasteiger partial charge is 0.469 e. The number of hydrogen-bond acceptors (Lipinski definition) is 6. The van der Waals surface area contributed by atoms with Crippen LogP contribution in [0.2, 0.25) is 0 Å². The van der Waals surface area contributed by atoms with Gasteiger partial charge >= 0.3 is 11.7 Å². The molecule has 0 saturated heterocycles. The number of methoxy groups -OCH3 is 1. The number of imidazole rings is 1. The summed E-state index contributed by atoms with van der Waals surface area (Å²) in [6.45, 7) is 1.35. The lowest BCUT2D eigenvalue weighted by molar-refractivity contribution is -0.142. The molecule has 196 valence electrons. The van der Waals surface area contributed by atoms with Crippen LogP contribution >= 0.6 is 0 Å². The van der Waals surface area contributed by atoms with Gasteiger partial charge in [-0.25, -0.2) is 14.2 Å². The number of carbonyl (C=O) groups excluding carboxylic acids is 2. The monoisotopic (exact) mass is 519 g/mol. The number of ether oxygens (including phenoxy) is 1. The normalized spacial score (nSPS) is 16.4. The minimum atomic E-state index is -0.626. The zero-order chi connectivity index (χ0) is 27.0. The average molecular weight is 520 g/mol. The number of fused-ring (bicyclic) bond motifs is 1. The summed E-state index contributed by atoms with van der Waals surface area (Å²) in [6, 6.07) is 13.1. The van der Waals surface area contributed by atoms with Crippen molar-refractivity contribution in [3.63, 3.8) is 0 Å². The molecule has 0 spiro atoms. The molecular weight excluding hydrogens is 493 g/mol. The van der Waals surface area contributed by atoms with E-state index in [2.05, 4.69) is 15.3 Å². The predicted molar refractivity (Wildman–Crippen MR) is 137 cm³/mol. The summed E-state index contributed by atoms with van der Waals surface area (Å²) in [4.78, 5) is 57.8. The van der Waals surface area contributed by atoms with Gasteiger partial charge in [-0.15, -0.1) is 0 Å². The first-order chi connectivity index (χ1) is 18.2. The zero-order valence-electron chi connectivity index (χ0n) is 20.9. The number of esters is 1. The van der Waals surface area contributed by atoms with Gasteiger partial charge in [-0.1, -0.05) is 30.3 Å². The number of halogens is 1. The number of aromatic amines is 1. The van der Waals surface area contributed by atoms with Crippen molar-refractivity contribution >= 4 is 28.7 Å². The molecule has 5 rings (SSSR count). The maximum Gasteiger partial charge on any atom is 0.333 e. The third kappa shape index (κ3) is 4.99. The summed E-state index contributed by atoms with van der Waals surface area (Å²) in [5.41, 5.74) is 0.803. The highest BCUT2D eigenvalue weighted by atomic mass is 19.1. The number of hydrogen-bond donors (Lipinski definition) is 2. The molecule has 1 saturated carbocycles. The molecule has 4 aromatic rings. The van der Waals surface area contributed by atoms with E-state index in [1.807, 2.05) is 12.1 Å². The lowest BCUT2D eigenvalue weighted by Crippen LogP contribution is -2.41. The van der Waals surface area contributed by atoms with Gasteiger partial charge in [-0.2, -0.15) is 0 Å². The number of H-pyrrole nitrogens is 1. The summed E-state index contributed by atoms with van der Waals surface area (Å²) >= 11 is 0. The third-order valence-corrected chi connectivity index (χ3v) is 6.69. The number of nitrogens with zero attached hydrogens (tertiary/aromatic N) is 3. The van der Waals surface area contributed by atoms with Crippen LogP contribution < -0.4 is 16.6 Å². The molecule has 11 heteroatoms. The zero-order valence-corrected chi connectivity index (χ0v) is 20.9. The Morgan fingerprint density at radius 1 is 1.13 bits per heavy atom. The topological polar surface area (TPSA) is 128 Å². The highest BCUT2D eigenvalue weighted by Crippen LogP contribution is 2.40. The number of carbonyl (C=O) groups is 2. The summed E-state index contributed by atoms with van der Waals surface area (Å²) in [5, 5.41) is 2.70. The van der Waals surface area contributed by atoms with Gasteiger partial charge in [-0.3, -0.25) is 23.5 Å². The Labute approximate surface area is 216 Å². The van der Waals surface area contributed by atoms with E-state index in [0.29, 0.717) is 24.4 Å². The van der Waals surface area contributed by atoms with Crippen LogP contribution in [0.5, 0.6) is 0 Å². The molecule has 1 unspecified atom stereocenters. The number of anilines is 1. The smallest absolute Gasteiger partial charge is 0.333 e. The summed E-state index contributed by atoms with van der Waals surface area (Å²) < 4.78 is 21.6. The van der Waals surface area contributed by atoms with Crippen molar-refractivity contribution in [2.75, 3.05) is 12.4 Å². The second-order valence-corrected chi connectivity index (χ2v) is 9.44. The molecule has 2 aromatic heterocycles. The Morgan fingerprint density at radius 3 is 2.55 bits per heavy atom. The number of aromatic nitrogens is 4. The minimum Gasteiger partial charge on any atom is -0.469 e. The molecule has 1 aliphatic carbocycles. The van der Waals surface area contributed by atoms with Gasteiger partial charge in [0.25, 0.3) is 5.56 Å². The highest BCUT2D eigenvalue weighted by molar-refractivity contribution is 5.88. The van der Waals surface area contributed by atoms with Gasteiger partial charge in [0.1, 0.15) is 17.2 Å². The van der Waals surface area contributed by atoms with Crippen molar-refractivity contribution in [2.24, 2.45) is 11.8 Å². The fourth-order valence-corrected chi connectivity index (χ4v) is 4.63. The van der Waals surface area contributed by atoms with Crippen LogP contribution in [0.1, 0.15) is 30.3 Å². The molecule has 38 heavy (non-hydrogen) atoms. The van der Waals surface area contributed by atoms with Crippen LogP contribution in [0.25, 0.3) is 11.2 Å².